The van der Waals surface area contributed by atoms with Gasteiger partial charge in [-0.25, -0.2) is 0 Å². The van der Waals surface area contributed by atoms with E-state index >= 15 is 0 Å². The number of hydrogen-bond donors (Lipinski definition) is 0. The van der Waals surface area contributed by atoms with Crippen LogP contribution in [0.3, 0.4) is 0 Å². The van der Waals surface area contributed by atoms with E-state index in [9.17, 15) is 0 Å². The first-order chi connectivity index (χ1) is 28.6. The van der Waals surface area contributed by atoms with Crippen molar-refractivity contribution in [2.45, 2.75) is 188 Å². The van der Waals surface area contributed by atoms with Gasteiger partial charge in [0.2, 0.25) is 0 Å². The molecular formula is C59H73BN2. The van der Waals surface area contributed by atoms with Crippen LogP contribution in [0.5, 0.6) is 0 Å². The van der Waals surface area contributed by atoms with Gasteiger partial charge in [-0.15, -0.1) is 0 Å². The Morgan fingerprint density at radius 3 is 1.56 bits per heavy atom. The number of nitrogens with zero attached hydrogens (tertiary/aromatic N) is 2. The molecule has 2 heterocycles. The van der Waals surface area contributed by atoms with Crippen LogP contribution in [-0.4, -0.2) is 6.71 Å². The van der Waals surface area contributed by atoms with E-state index in [1.165, 1.54) is 113 Å². The van der Waals surface area contributed by atoms with Gasteiger partial charge in [0.15, 0.2) is 0 Å². The smallest absolute Gasteiger partial charge is 0.252 e. The third-order valence-corrected chi connectivity index (χ3v) is 16.9. The summed E-state index contributed by atoms with van der Waals surface area (Å²) in [5.74, 6) is 0. The first-order valence-electron chi connectivity index (χ1n) is 23.9. The lowest BCUT2D eigenvalue weighted by atomic mass is 9.33. The Bertz CT molecular complexity index is 2760. The van der Waals surface area contributed by atoms with Crippen molar-refractivity contribution in [3.8, 4) is 0 Å². The molecular weight excluding hydrogens is 747 g/mol. The van der Waals surface area contributed by atoms with E-state index in [0.717, 1.165) is 12.8 Å². The molecule has 0 unspecified atom stereocenters. The second-order valence-electron chi connectivity index (χ2n) is 25.8. The minimum atomic E-state index is 0.00112. The average Bonchev–Trinajstić information content (AvgIpc) is 3.46. The summed E-state index contributed by atoms with van der Waals surface area (Å²) in [6.07, 6.45) is 4.70. The molecule has 0 amide bonds. The Hall–Kier alpha value is -4.24. The van der Waals surface area contributed by atoms with Gasteiger partial charge < -0.3 is 9.80 Å². The third-order valence-electron chi connectivity index (χ3n) is 16.9. The summed E-state index contributed by atoms with van der Waals surface area (Å²) in [6, 6.07) is 28.1. The number of aryl methyl sites for hydroxylation is 2. The molecule has 3 heteroatoms. The summed E-state index contributed by atoms with van der Waals surface area (Å²) in [5, 5.41) is 0. The highest BCUT2D eigenvalue weighted by molar-refractivity contribution is 7.00. The number of benzene rings is 5. The molecule has 62 heavy (non-hydrogen) atoms. The summed E-state index contributed by atoms with van der Waals surface area (Å²) in [6.45, 7) is 44.0. The highest BCUT2D eigenvalue weighted by atomic mass is 15.2. The van der Waals surface area contributed by atoms with Gasteiger partial charge in [0.25, 0.3) is 6.71 Å². The molecule has 0 radical (unpaired) electrons. The number of anilines is 6. The average molecular weight is 821 g/mol. The lowest BCUT2D eigenvalue weighted by Crippen LogP contribution is -2.62. The number of fused-ring (bicyclic) bond motifs is 7. The number of hydrogen-bond acceptors (Lipinski definition) is 2. The lowest BCUT2D eigenvalue weighted by molar-refractivity contribution is 0.332. The Balaban J connectivity index is 1.34. The largest absolute Gasteiger partial charge is 0.311 e. The van der Waals surface area contributed by atoms with Crippen molar-refractivity contribution >= 4 is 57.2 Å². The molecule has 3 aliphatic carbocycles. The molecule has 0 N–H and O–H groups in total. The van der Waals surface area contributed by atoms with E-state index in [1.807, 2.05) is 0 Å². The second kappa shape index (κ2) is 12.5. The summed E-state index contributed by atoms with van der Waals surface area (Å²) >= 11 is 0. The normalized spacial score (nSPS) is 21.2. The van der Waals surface area contributed by atoms with Crippen molar-refractivity contribution in [1.82, 2.24) is 0 Å². The fraction of sp³-hybridized carbons (Fsp3) is 0.492. The summed E-state index contributed by atoms with van der Waals surface area (Å²) in [4.78, 5) is 5.44. The first-order valence-corrected chi connectivity index (χ1v) is 23.9. The van der Waals surface area contributed by atoms with Gasteiger partial charge in [0.1, 0.15) is 0 Å². The topological polar surface area (TPSA) is 6.48 Å². The van der Waals surface area contributed by atoms with Gasteiger partial charge >= 0.3 is 0 Å². The maximum absolute atomic E-state index is 2.74. The molecule has 0 fully saturated rings. The monoisotopic (exact) mass is 821 g/mol. The van der Waals surface area contributed by atoms with Crippen LogP contribution >= 0.6 is 0 Å². The van der Waals surface area contributed by atoms with Crippen molar-refractivity contribution in [3.05, 3.63) is 122 Å². The van der Waals surface area contributed by atoms with E-state index in [4.69, 9.17) is 0 Å². The zero-order valence-electron chi connectivity index (χ0n) is 41.7. The van der Waals surface area contributed by atoms with Gasteiger partial charge in [0.05, 0.1) is 0 Å². The van der Waals surface area contributed by atoms with Crippen LogP contribution in [0.15, 0.2) is 66.7 Å². The van der Waals surface area contributed by atoms with E-state index in [1.54, 1.807) is 5.56 Å². The predicted octanol–water partition coefficient (Wildman–Crippen LogP) is 14.3. The summed E-state index contributed by atoms with van der Waals surface area (Å²) < 4.78 is 0. The molecule has 0 aromatic heterocycles. The molecule has 0 spiro atoms. The lowest BCUT2D eigenvalue weighted by Gasteiger charge is -2.48. The maximum Gasteiger partial charge on any atom is 0.252 e. The summed E-state index contributed by atoms with van der Waals surface area (Å²) in [7, 11) is 0. The van der Waals surface area contributed by atoms with Crippen LogP contribution in [0, 0.1) is 20.8 Å². The highest BCUT2D eigenvalue weighted by Crippen LogP contribution is 2.57. The molecule has 2 aliphatic heterocycles. The zero-order chi connectivity index (χ0) is 44.8. The van der Waals surface area contributed by atoms with Gasteiger partial charge in [-0.3, -0.25) is 0 Å². The molecule has 322 valence electrons. The Morgan fingerprint density at radius 1 is 0.452 bits per heavy atom. The van der Waals surface area contributed by atoms with Crippen LogP contribution in [-0.2, 0) is 37.9 Å². The zero-order valence-corrected chi connectivity index (χ0v) is 41.7. The molecule has 0 saturated carbocycles. The van der Waals surface area contributed by atoms with Gasteiger partial charge in [-0.1, -0.05) is 134 Å². The molecule has 5 aromatic rings. The van der Waals surface area contributed by atoms with Crippen molar-refractivity contribution < 1.29 is 0 Å². The fourth-order valence-electron chi connectivity index (χ4n) is 14.2. The van der Waals surface area contributed by atoms with Crippen molar-refractivity contribution in [3.63, 3.8) is 0 Å². The van der Waals surface area contributed by atoms with Crippen LogP contribution in [0.4, 0.5) is 34.1 Å². The molecule has 0 atom stereocenters. The highest BCUT2D eigenvalue weighted by Gasteiger charge is 2.49. The van der Waals surface area contributed by atoms with Crippen LogP contribution in [0.2, 0.25) is 0 Å². The van der Waals surface area contributed by atoms with Crippen molar-refractivity contribution in [1.29, 1.82) is 0 Å². The second-order valence-corrected chi connectivity index (χ2v) is 25.8. The van der Waals surface area contributed by atoms with Crippen LogP contribution < -0.4 is 26.2 Å². The van der Waals surface area contributed by atoms with Crippen LogP contribution in [0.25, 0.3) is 0 Å². The SMILES string of the molecule is Cc1cc2c3c(c1)N(c1ccc4c(c1C)C(C)(C)CC4(C)C)c1cc(C(C)(C)C)ccc1B3c1cc3c(cc1N2c1cc2c(cc1C)C(C)(C)CC2(C)C)C(C)(C)CCC3(C)C. The maximum atomic E-state index is 2.74. The Morgan fingerprint density at radius 2 is 0.952 bits per heavy atom. The van der Waals surface area contributed by atoms with E-state index in [0.29, 0.717) is 0 Å². The summed E-state index contributed by atoms with van der Waals surface area (Å²) in [5.41, 5.74) is 27.5. The van der Waals surface area contributed by atoms with E-state index in [2.05, 4.69) is 201 Å². The molecule has 0 bridgehead atoms. The molecule has 5 aliphatic rings. The molecule has 2 nitrogen and oxygen atoms in total. The third kappa shape index (κ3) is 5.74. The Labute approximate surface area is 376 Å². The van der Waals surface area contributed by atoms with Gasteiger partial charge in [-0.05, 0) is 193 Å². The fourth-order valence-corrected chi connectivity index (χ4v) is 14.2. The van der Waals surface area contributed by atoms with E-state index in [-0.39, 0.29) is 44.6 Å². The molecule has 0 saturated heterocycles. The molecule has 10 rings (SSSR count). The first kappa shape index (κ1) is 41.8. The van der Waals surface area contributed by atoms with Crippen LogP contribution in [0.1, 0.15) is 185 Å². The minimum absolute atomic E-state index is 0.00112. The van der Waals surface area contributed by atoms with Gasteiger partial charge in [-0.2, -0.15) is 0 Å². The van der Waals surface area contributed by atoms with Crippen molar-refractivity contribution in [2.24, 2.45) is 0 Å². The minimum Gasteiger partial charge on any atom is -0.311 e. The predicted molar refractivity (Wildman–Crippen MR) is 270 cm³/mol. The van der Waals surface area contributed by atoms with E-state index < -0.39 is 0 Å². The van der Waals surface area contributed by atoms with Crippen molar-refractivity contribution in [2.75, 3.05) is 9.80 Å². The number of rotatable bonds is 2. The quantitative estimate of drug-likeness (QED) is 0.160. The molecule has 5 aromatic carbocycles. The van der Waals surface area contributed by atoms with Gasteiger partial charge in [0, 0.05) is 34.1 Å². The Kier molecular flexibility index (Phi) is 8.43. The standard InChI is InChI=1S/C59H73BN2/c1-34-25-49-52-50(26-34)62(46-30-42-39(27-35(46)2)57(13,14)32-58(42,15)16)48-31-41-40(54(7,8)23-24-55(41,9)10)29-44(48)60(52)43-21-19-37(53(4,5)6)28-47(43)61(49)45-22-20-38-51(36(45)3)59(17,18)33-56(38,11)12/h19-22,25-31H,23-24,32-33H2,1-18H3.